The van der Waals surface area contributed by atoms with Crippen LogP contribution in [0.3, 0.4) is 0 Å². The highest BCUT2D eigenvalue weighted by Gasteiger charge is 2.33. The molecule has 5 aromatic rings. The molecule has 2 amide bonds. The van der Waals surface area contributed by atoms with E-state index in [0.29, 0.717) is 23.1 Å². The monoisotopic (exact) mass is 655 g/mol. The number of carbonyl (C=O) groups excluding carboxylic acids is 2. The largest absolute Gasteiger partial charge is 0.345 e. The van der Waals surface area contributed by atoms with E-state index < -0.39 is 16.6 Å². The van der Waals surface area contributed by atoms with Crippen LogP contribution in [0.1, 0.15) is 44.6 Å². The number of carbonyl (C=O) groups is 2. The highest BCUT2D eigenvalue weighted by molar-refractivity contribution is 7.99. The molecule has 0 fully saturated rings. The molecule has 0 bridgehead atoms. The van der Waals surface area contributed by atoms with Gasteiger partial charge in [0.1, 0.15) is 5.82 Å². The van der Waals surface area contributed by atoms with E-state index >= 15 is 0 Å². The van der Waals surface area contributed by atoms with Crippen molar-refractivity contribution in [2.75, 3.05) is 5.75 Å². The van der Waals surface area contributed by atoms with Gasteiger partial charge in [0, 0.05) is 29.8 Å². The number of nitro groups is 1. The molecule has 1 aliphatic heterocycles. The molecule has 2 aromatic heterocycles. The van der Waals surface area contributed by atoms with Crippen LogP contribution < -0.4 is 5.32 Å². The summed E-state index contributed by atoms with van der Waals surface area (Å²) in [6.45, 7) is 1.96. The summed E-state index contributed by atoms with van der Waals surface area (Å²) in [5.74, 6) is -0.774. The molecular weight excluding hydrogens is 630 g/mol. The maximum absolute atomic E-state index is 13.8. The van der Waals surface area contributed by atoms with Crippen LogP contribution in [0.25, 0.3) is 5.69 Å². The number of nitrogens with zero attached hydrogens (tertiary/aromatic N) is 6. The molecule has 0 aliphatic carbocycles. The van der Waals surface area contributed by atoms with Crippen LogP contribution in [-0.4, -0.2) is 48.0 Å². The number of aryl methyl sites for hydroxylation is 1. The minimum absolute atomic E-state index is 0.00192. The number of thiophene rings is 1. The quantitative estimate of drug-likeness (QED) is 0.109. The Bertz CT molecular complexity index is 1910. The van der Waals surface area contributed by atoms with Crippen LogP contribution in [0.15, 0.2) is 101 Å². The van der Waals surface area contributed by atoms with Gasteiger partial charge in [-0.1, -0.05) is 47.7 Å². The molecule has 0 radical (unpaired) electrons. The summed E-state index contributed by atoms with van der Waals surface area (Å²) in [5.41, 5.74) is 3.59. The van der Waals surface area contributed by atoms with E-state index in [4.69, 9.17) is 5.10 Å². The first kappa shape index (κ1) is 30.8. The summed E-state index contributed by atoms with van der Waals surface area (Å²) in [6.07, 6.45) is 0.588. The average molecular weight is 656 g/mol. The number of hydrazone groups is 1. The van der Waals surface area contributed by atoms with Crippen LogP contribution in [0.2, 0.25) is 0 Å². The van der Waals surface area contributed by atoms with E-state index in [1.54, 1.807) is 28.0 Å². The van der Waals surface area contributed by atoms with Gasteiger partial charge in [0.05, 0.1) is 33.9 Å². The second-order valence-corrected chi connectivity index (χ2v) is 12.3. The third-order valence-electron chi connectivity index (χ3n) is 7.29. The summed E-state index contributed by atoms with van der Waals surface area (Å²) < 4.78 is 15.4. The first-order valence-electron chi connectivity index (χ1n) is 14.1. The van der Waals surface area contributed by atoms with E-state index in [0.717, 1.165) is 33.5 Å². The summed E-state index contributed by atoms with van der Waals surface area (Å²) >= 11 is 2.73. The van der Waals surface area contributed by atoms with E-state index in [1.807, 2.05) is 48.7 Å². The van der Waals surface area contributed by atoms with Crippen molar-refractivity contribution in [2.45, 2.75) is 31.1 Å². The first-order valence-corrected chi connectivity index (χ1v) is 16.0. The van der Waals surface area contributed by atoms with E-state index in [-0.39, 0.29) is 35.5 Å². The fraction of sp³-hybridized carbons (Fsp3) is 0.156. The number of aromatic nitrogens is 3. The Balaban J connectivity index is 1.22. The molecule has 14 heteroatoms. The zero-order chi connectivity index (χ0) is 32.2. The van der Waals surface area contributed by atoms with Crippen molar-refractivity contribution in [1.29, 1.82) is 0 Å². The Morgan fingerprint density at radius 2 is 1.78 bits per heavy atom. The van der Waals surface area contributed by atoms with Crippen molar-refractivity contribution in [3.8, 4) is 5.69 Å². The Labute approximate surface area is 270 Å². The number of hydrogen-bond acceptors (Lipinski definition) is 9. The number of nitrogens with one attached hydrogen (secondary N) is 1. The van der Waals surface area contributed by atoms with Crippen molar-refractivity contribution < 1.29 is 18.9 Å². The standard InChI is InChI=1S/C32H26FN7O4S2/c1-20-4-6-21(7-5-20)27-17-26(28-3-2-16-45-28)37-39(27)30(41)19-46-32-36-35-29(38(32)24-14-10-23(33)11-15-24)18-34-31(42)22-8-12-25(13-9-22)40(43)44/h2-16,27H,17-19H2,1H3,(H,34,42). The molecule has 6 rings (SSSR count). The molecule has 0 saturated heterocycles. The number of non-ortho nitro benzene ring substituents is 1. The van der Waals surface area contributed by atoms with E-state index in [2.05, 4.69) is 15.5 Å². The van der Waals surface area contributed by atoms with Crippen molar-refractivity contribution in [3.63, 3.8) is 0 Å². The lowest BCUT2D eigenvalue weighted by molar-refractivity contribution is -0.384. The van der Waals surface area contributed by atoms with E-state index in [9.17, 15) is 24.1 Å². The average Bonchev–Trinajstić information content (AvgIpc) is 3.84. The maximum atomic E-state index is 13.8. The smallest absolute Gasteiger partial charge is 0.269 e. The van der Waals surface area contributed by atoms with Gasteiger partial charge < -0.3 is 5.32 Å². The summed E-state index contributed by atoms with van der Waals surface area (Å²) in [5, 5.41) is 30.9. The van der Waals surface area contributed by atoms with Crippen LogP contribution in [0.5, 0.6) is 0 Å². The normalized spacial score (nSPS) is 14.3. The lowest BCUT2D eigenvalue weighted by Gasteiger charge is -2.22. The van der Waals surface area contributed by atoms with Crippen molar-refractivity contribution in [2.24, 2.45) is 5.10 Å². The highest BCUT2D eigenvalue weighted by atomic mass is 32.2. The fourth-order valence-electron chi connectivity index (χ4n) is 4.93. The number of halogens is 1. The van der Waals surface area contributed by atoms with Gasteiger partial charge >= 0.3 is 0 Å². The van der Waals surface area contributed by atoms with Gasteiger partial charge in [-0.25, -0.2) is 9.40 Å². The number of rotatable bonds is 10. The third kappa shape index (κ3) is 6.72. The van der Waals surface area contributed by atoms with Gasteiger partial charge in [-0.3, -0.25) is 24.3 Å². The predicted octanol–water partition coefficient (Wildman–Crippen LogP) is 6.08. The van der Waals surface area contributed by atoms with Crippen LogP contribution >= 0.6 is 23.1 Å². The summed E-state index contributed by atoms with van der Waals surface area (Å²) in [7, 11) is 0. The van der Waals surface area contributed by atoms with Gasteiger partial charge in [-0.15, -0.1) is 21.5 Å². The predicted molar refractivity (Wildman–Crippen MR) is 173 cm³/mol. The number of benzene rings is 3. The molecule has 3 aromatic carbocycles. The Kier molecular flexibility index (Phi) is 8.99. The summed E-state index contributed by atoms with van der Waals surface area (Å²) in [4.78, 5) is 37.9. The van der Waals surface area contributed by atoms with E-state index in [1.165, 1.54) is 41.4 Å². The Morgan fingerprint density at radius 3 is 2.46 bits per heavy atom. The van der Waals surface area contributed by atoms with Crippen molar-refractivity contribution in [1.82, 2.24) is 25.1 Å². The topological polar surface area (TPSA) is 136 Å². The maximum Gasteiger partial charge on any atom is 0.269 e. The SMILES string of the molecule is Cc1ccc(C2CC(c3cccs3)=NN2C(=O)CSc2nnc(CNC(=O)c3ccc([N+](=O)[O-])cc3)n2-c2ccc(F)cc2)cc1. The Morgan fingerprint density at radius 1 is 1.04 bits per heavy atom. The molecule has 1 aliphatic rings. The van der Waals surface area contributed by atoms with Crippen molar-refractivity contribution >= 4 is 46.3 Å². The third-order valence-corrected chi connectivity index (χ3v) is 9.12. The molecule has 1 atom stereocenters. The van der Waals surface area contributed by atoms with Crippen molar-refractivity contribution in [3.05, 3.63) is 134 Å². The molecule has 11 nitrogen and oxygen atoms in total. The molecule has 232 valence electrons. The number of thioether (sulfide) groups is 1. The lowest BCUT2D eigenvalue weighted by atomic mass is 10.00. The number of nitro benzene ring substituents is 1. The zero-order valence-electron chi connectivity index (χ0n) is 24.4. The van der Waals surface area contributed by atoms with Gasteiger partial charge in [-0.05, 0) is 60.3 Å². The second-order valence-electron chi connectivity index (χ2n) is 10.4. The molecule has 0 saturated carbocycles. The highest BCUT2D eigenvalue weighted by Crippen LogP contribution is 2.35. The molecule has 1 N–H and O–H groups in total. The molecule has 3 heterocycles. The molecule has 0 spiro atoms. The molecule has 1 unspecified atom stereocenters. The summed E-state index contributed by atoms with van der Waals surface area (Å²) in [6, 6.07) is 22.7. The second kappa shape index (κ2) is 13.4. The zero-order valence-corrected chi connectivity index (χ0v) is 26.0. The molecule has 46 heavy (non-hydrogen) atoms. The lowest BCUT2D eigenvalue weighted by Crippen LogP contribution is -2.28. The van der Waals surface area contributed by atoms with Gasteiger partial charge in [-0.2, -0.15) is 5.10 Å². The number of hydrogen-bond donors (Lipinski definition) is 1. The fourth-order valence-corrected chi connectivity index (χ4v) is 6.47. The van der Waals surface area contributed by atoms with Crippen LogP contribution in [0.4, 0.5) is 10.1 Å². The molecular formula is C32H26FN7O4S2. The first-order chi connectivity index (χ1) is 22.3. The van der Waals surface area contributed by atoms with Crippen LogP contribution in [0, 0.1) is 22.9 Å². The Hall–Kier alpha value is -5.21. The van der Waals surface area contributed by atoms with Gasteiger partial charge in [0.25, 0.3) is 17.5 Å². The minimum Gasteiger partial charge on any atom is -0.345 e. The minimum atomic E-state index is -0.543. The number of amides is 2. The van der Waals surface area contributed by atoms with Crippen LogP contribution in [-0.2, 0) is 11.3 Å². The van der Waals surface area contributed by atoms with Gasteiger partial charge in [0.2, 0.25) is 0 Å². The van der Waals surface area contributed by atoms with Gasteiger partial charge in [0.15, 0.2) is 11.0 Å².